The second-order valence-corrected chi connectivity index (χ2v) is 7.88. The summed E-state index contributed by atoms with van der Waals surface area (Å²) in [7, 11) is 0. The monoisotopic (exact) mass is 402 g/mol. The van der Waals surface area contributed by atoms with Crippen molar-refractivity contribution >= 4 is 0 Å². The van der Waals surface area contributed by atoms with Gasteiger partial charge in [0.1, 0.15) is 0 Å². The Labute approximate surface area is 171 Å². The van der Waals surface area contributed by atoms with E-state index in [4.69, 9.17) is 4.74 Å². The highest BCUT2D eigenvalue weighted by molar-refractivity contribution is 5.65. The van der Waals surface area contributed by atoms with E-state index in [1.807, 2.05) is 24.3 Å². The summed E-state index contributed by atoms with van der Waals surface area (Å²) in [5.74, 6) is -0.795. The zero-order valence-electron chi connectivity index (χ0n) is 17.2. The van der Waals surface area contributed by atoms with Crippen LogP contribution in [0, 0.1) is 17.6 Å². The molecule has 0 spiro atoms. The van der Waals surface area contributed by atoms with E-state index in [1.165, 1.54) is 18.6 Å². The minimum atomic E-state index is -0.940. The molecule has 3 rings (SSSR count). The molecule has 0 radical (unpaired) electrons. The zero-order valence-corrected chi connectivity index (χ0v) is 17.2. The van der Waals surface area contributed by atoms with E-state index in [-0.39, 0.29) is 17.1 Å². The Morgan fingerprint density at radius 3 is 2.31 bits per heavy atom. The maximum absolute atomic E-state index is 14.4. The Morgan fingerprint density at radius 2 is 1.69 bits per heavy atom. The summed E-state index contributed by atoms with van der Waals surface area (Å²) in [4.78, 5) is 0. The first kappa shape index (κ1) is 21.5. The van der Waals surface area contributed by atoms with Gasteiger partial charge in [0.15, 0.2) is 11.6 Å². The van der Waals surface area contributed by atoms with E-state index in [9.17, 15) is 13.2 Å². The van der Waals surface area contributed by atoms with Gasteiger partial charge in [-0.1, -0.05) is 30.3 Å². The third kappa shape index (κ3) is 5.43. The van der Waals surface area contributed by atoms with E-state index in [2.05, 4.69) is 0 Å². The minimum Gasteiger partial charge on any atom is -0.491 e. The van der Waals surface area contributed by atoms with Gasteiger partial charge in [0.25, 0.3) is 0 Å². The van der Waals surface area contributed by atoms with Crippen molar-refractivity contribution in [2.45, 2.75) is 58.3 Å². The Kier molecular flexibility index (Phi) is 7.40. The lowest BCUT2D eigenvalue weighted by atomic mass is 9.77. The van der Waals surface area contributed by atoms with Crippen molar-refractivity contribution in [1.82, 2.24) is 0 Å². The highest BCUT2D eigenvalue weighted by atomic mass is 19.2. The molecule has 0 atom stereocenters. The molecule has 4 heteroatoms. The van der Waals surface area contributed by atoms with Crippen molar-refractivity contribution in [3.63, 3.8) is 0 Å². The topological polar surface area (TPSA) is 9.23 Å². The first-order valence-corrected chi connectivity index (χ1v) is 10.5. The fourth-order valence-electron chi connectivity index (χ4n) is 4.26. The van der Waals surface area contributed by atoms with Crippen LogP contribution in [-0.4, -0.2) is 6.61 Å². The summed E-state index contributed by atoms with van der Waals surface area (Å²) >= 11 is 0. The summed E-state index contributed by atoms with van der Waals surface area (Å²) in [6.45, 7) is 3.52. The van der Waals surface area contributed by atoms with Gasteiger partial charge in [-0.05, 0) is 87.5 Å². The first-order chi connectivity index (χ1) is 14.0. The van der Waals surface area contributed by atoms with Gasteiger partial charge in [-0.25, -0.2) is 8.78 Å². The molecule has 1 aliphatic carbocycles. The van der Waals surface area contributed by atoms with Crippen LogP contribution in [0.15, 0.2) is 48.3 Å². The average Bonchev–Trinajstić information content (AvgIpc) is 2.72. The molecule has 0 aliphatic heterocycles. The molecule has 0 unspecified atom stereocenters. The normalized spacial score (nSPS) is 20.0. The van der Waals surface area contributed by atoms with Crippen LogP contribution in [0.2, 0.25) is 0 Å². The molecule has 1 nitrogen and oxygen atoms in total. The van der Waals surface area contributed by atoms with E-state index in [0.29, 0.717) is 24.0 Å². The van der Waals surface area contributed by atoms with Crippen LogP contribution < -0.4 is 4.74 Å². The van der Waals surface area contributed by atoms with Crippen LogP contribution >= 0.6 is 0 Å². The molecule has 2 aromatic carbocycles. The molecule has 2 aromatic rings. The number of allylic oxidation sites excluding steroid dienone is 2. The van der Waals surface area contributed by atoms with Gasteiger partial charge < -0.3 is 4.74 Å². The van der Waals surface area contributed by atoms with Gasteiger partial charge in [-0.2, -0.15) is 4.39 Å². The Morgan fingerprint density at radius 1 is 1.00 bits per heavy atom. The Balaban J connectivity index is 1.63. The molecular weight excluding hydrogens is 373 g/mol. The van der Waals surface area contributed by atoms with Crippen LogP contribution in [0.1, 0.15) is 63.9 Å². The van der Waals surface area contributed by atoms with Crippen molar-refractivity contribution in [2.75, 3.05) is 6.61 Å². The number of ether oxygens (including phenoxy) is 1. The van der Waals surface area contributed by atoms with E-state index in [0.717, 1.165) is 38.5 Å². The molecule has 29 heavy (non-hydrogen) atoms. The first-order valence-electron chi connectivity index (χ1n) is 10.5. The summed E-state index contributed by atoms with van der Waals surface area (Å²) in [6, 6.07) is 10.8. The molecule has 0 saturated heterocycles. The van der Waals surface area contributed by atoms with E-state index >= 15 is 0 Å². The summed E-state index contributed by atoms with van der Waals surface area (Å²) in [5, 5.41) is 0. The van der Waals surface area contributed by atoms with Crippen LogP contribution in [-0.2, 0) is 0 Å². The Bertz CT molecular complexity index is 830. The lowest BCUT2D eigenvalue weighted by Gasteiger charge is -2.28. The number of halogens is 3. The van der Waals surface area contributed by atoms with Crippen LogP contribution in [0.5, 0.6) is 5.75 Å². The molecule has 0 amide bonds. The molecule has 1 aliphatic rings. The maximum atomic E-state index is 14.4. The molecule has 1 saturated carbocycles. The van der Waals surface area contributed by atoms with Gasteiger partial charge in [0.05, 0.1) is 12.4 Å². The van der Waals surface area contributed by atoms with Gasteiger partial charge >= 0.3 is 0 Å². The minimum absolute atomic E-state index is 0.0562. The molecule has 0 aromatic heterocycles. The number of benzene rings is 2. The van der Waals surface area contributed by atoms with E-state index < -0.39 is 11.6 Å². The molecule has 0 heterocycles. The van der Waals surface area contributed by atoms with Crippen molar-refractivity contribution in [2.24, 2.45) is 5.92 Å². The largest absolute Gasteiger partial charge is 0.491 e. The maximum Gasteiger partial charge on any atom is 0.201 e. The van der Waals surface area contributed by atoms with Gasteiger partial charge in [0.2, 0.25) is 5.82 Å². The predicted octanol–water partition coefficient (Wildman–Crippen LogP) is 7.96. The third-order valence-corrected chi connectivity index (χ3v) is 5.89. The van der Waals surface area contributed by atoms with Crippen LogP contribution in [0.4, 0.5) is 13.2 Å². The zero-order chi connectivity index (χ0) is 20.8. The highest BCUT2D eigenvalue weighted by Gasteiger charge is 2.22. The van der Waals surface area contributed by atoms with Crippen molar-refractivity contribution in [3.8, 4) is 16.9 Å². The lowest BCUT2D eigenvalue weighted by Crippen LogP contribution is -2.13. The number of hydrogen-bond acceptors (Lipinski definition) is 1. The van der Waals surface area contributed by atoms with Gasteiger partial charge in [-0.15, -0.1) is 0 Å². The molecule has 156 valence electrons. The van der Waals surface area contributed by atoms with Crippen LogP contribution in [0.3, 0.4) is 0 Å². The summed E-state index contributed by atoms with van der Waals surface area (Å²) < 4.78 is 46.5. The number of hydrogen-bond donors (Lipinski definition) is 0. The second kappa shape index (κ2) is 10.00. The Hall–Kier alpha value is -2.23. The third-order valence-electron chi connectivity index (χ3n) is 5.89. The van der Waals surface area contributed by atoms with Crippen molar-refractivity contribution < 1.29 is 17.9 Å². The quantitative estimate of drug-likeness (QED) is 0.456. The average molecular weight is 403 g/mol. The summed E-state index contributed by atoms with van der Waals surface area (Å²) in [5.41, 5.74) is 2.16. The molecule has 1 fully saturated rings. The lowest BCUT2D eigenvalue weighted by molar-refractivity contribution is 0.311. The number of rotatable bonds is 7. The van der Waals surface area contributed by atoms with Gasteiger partial charge in [0, 0.05) is 5.56 Å². The van der Waals surface area contributed by atoms with Crippen molar-refractivity contribution in [1.29, 1.82) is 0 Å². The molecule has 0 N–H and O–H groups in total. The highest BCUT2D eigenvalue weighted by Crippen LogP contribution is 2.38. The smallest absolute Gasteiger partial charge is 0.201 e. The summed E-state index contributed by atoms with van der Waals surface area (Å²) in [6.07, 6.45) is 8.09. The van der Waals surface area contributed by atoms with Crippen LogP contribution in [0.25, 0.3) is 11.1 Å². The SMILES string of the molecule is CCOc1ccc(-c2ccc(C3CCC(CC/C=C(/C)F)CC3)cc2)c(F)c1F. The van der Waals surface area contributed by atoms with Crippen molar-refractivity contribution in [3.05, 3.63) is 65.5 Å². The standard InChI is InChI=1S/C25H29F3O/c1-3-29-23-16-15-22(24(27)25(23)28)21-13-11-20(12-14-21)19-9-7-18(8-10-19)6-4-5-17(2)26/h5,11-16,18-19H,3-4,6-10H2,1-2H3/b17-5-. The second-order valence-electron chi connectivity index (χ2n) is 7.88. The predicted molar refractivity (Wildman–Crippen MR) is 112 cm³/mol. The van der Waals surface area contributed by atoms with Gasteiger partial charge in [-0.3, -0.25) is 0 Å². The fourth-order valence-corrected chi connectivity index (χ4v) is 4.26. The molecule has 0 bridgehead atoms. The fraction of sp³-hybridized carbons (Fsp3) is 0.440. The van der Waals surface area contributed by atoms with E-state index in [1.54, 1.807) is 19.1 Å². The molecular formula is C25H29F3O.